The van der Waals surface area contributed by atoms with E-state index in [1.165, 1.54) is 0 Å². The van der Waals surface area contributed by atoms with Gasteiger partial charge in [-0.1, -0.05) is 35.9 Å². The Bertz CT molecular complexity index is 641. The second-order valence-corrected chi connectivity index (χ2v) is 5.25. The molecule has 0 aliphatic rings. The van der Waals surface area contributed by atoms with Gasteiger partial charge in [0.2, 0.25) is 5.91 Å². The van der Waals surface area contributed by atoms with E-state index in [4.69, 9.17) is 15.2 Å². The molecule has 0 radical (unpaired) electrons. The van der Waals surface area contributed by atoms with Crippen molar-refractivity contribution in [2.75, 3.05) is 25.6 Å². The predicted molar refractivity (Wildman–Crippen MR) is 90.6 cm³/mol. The van der Waals surface area contributed by atoms with Crippen molar-refractivity contribution in [2.24, 2.45) is 5.73 Å². The van der Waals surface area contributed by atoms with Gasteiger partial charge in [-0.3, -0.25) is 4.79 Å². The molecular formula is C18H22N2O3. The fraction of sp³-hybridized carbons (Fsp3) is 0.278. The molecule has 0 aliphatic heterocycles. The van der Waals surface area contributed by atoms with E-state index in [9.17, 15) is 4.79 Å². The van der Waals surface area contributed by atoms with Gasteiger partial charge >= 0.3 is 0 Å². The summed E-state index contributed by atoms with van der Waals surface area (Å²) in [6.45, 7) is 2.95. The zero-order chi connectivity index (χ0) is 16.7. The number of rotatable bonds is 7. The molecule has 0 saturated carbocycles. The fourth-order valence-electron chi connectivity index (χ4n) is 2.05. The van der Waals surface area contributed by atoms with Crippen LogP contribution in [0.1, 0.15) is 17.2 Å². The molecule has 1 amide bonds. The first-order valence-corrected chi connectivity index (χ1v) is 7.45. The van der Waals surface area contributed by atoms with Crippen molar-refractivity contribution in [1.29, 1.82) is 0 Å². The third kappa shape index (κ3) is 5.09. The lowest BCUT2D eigenvalue weighted by Gasteiger charge is -2.14. The van der Waals surface area contributed by atoms with Gasteiger partial charge in [-0.15, -0.1) is 0 Å². The molecule has 2 aromatic rings. The van der Waals surface area contributed by atoms with Crippen LogP contribution < -0.4 is 15.8 Å². The Morgan fingerprint density at radius 3 is 2.61 bits per heavy atom. The summed E-state index contributed by atoms with van der Waals surface area (Å²) in [5.74, 6) is 0.409. The third-order valence-electron chi connectivity index (χ3n) is 3.38. The monoisotopic (exact) mass is 314 g/mol. The first kappa shape index (κ1) is 17.0. The van der Waals surface area contributed by atoms with Crippen molar-refractivity contribution < 1.29 is 14.3 Å². The molecule has 0 aromatic heterocycles. The lowest BCUT2D eigenvalue weighted by Crippen LogP contribution is -2.27. The predicted octanol–water partition coefficient (Wildman–Crippen LogP) is 2.66. The maximum atomic E-state index is 12.3. The summed E-state index contributed by atoms with van der Waals surface area (Å²) in [5, 5.41) is 2.81. The Morgan fingerprint density at radius 1 is 1.17 bits per heavy atom. The number of aryl methyl sites for hydroxylation is 1. The average Bonchev–Trinajstić information content (AvgIpc) is 2.55. The van der Waals surface area contributed by atoms with Gasteiger partial charge in [0.1, 0.15) is 18.4 Å². The van der Waals surface area contributed by atoms with Crippen LogP contribution in [0.4, 0.5) is 5.69 Å². The van der Waals surface area contributed by atoms with Gasteiger partial charge in [0.25, 0.3) is 0 Å². The second-order valence-electron chi connectivity index (χ2n) is 5.25. The Morgan fingerprint density at radius 2 is 1.91 bits per heavy atom. The van der Waals surface area contributed by atoms with Crippen LogP contribution in [0.3, 0.4) is 0 Å². The molecule has 0 saturated heterocycles. The third-order valence-corrected chi connectivity index (χ3v) is 3.38. The van der Waals surface area contributed by atoms with E-state index in [2.05, 4.69) is 5.32 Å². The Kier molecular flexibility index (Phi) is 6.14. The van der Waals surface area contributed by atoms with Crippen LogP contribution in [0.25, 0.3) is 0 Å². The summed E-state index contributed by atoms with van der Waals surface area (Å²) >= 11 is 0. The highest BCUT2D eigenvalue weighted by Crippen LogP contribution is 2.19. The van der Waals surface area contributed by atoms with Gasteiger partial charge < -0.3 is 20.5 Å². The Balaban J connectivity index is 1.99. The fourth-order valence-corrected chi connectivity index (χ4v) is 2.05. The number of methoxy groups -OCH3 is 1. The number of carbonyl (C=O) groups is 1. The molecule has 1 unspecified atom stereocenters. The molecule has 5 heteroatoms. The van der Waals surface area contributed by atoms with Gasteiger partial charge in [0.05, 0.1) is 6.61 Å². The highest BCUT2D eigenvalue weighted by Gasteiger charge is 2.15. The molecule has 0 fully saturated rings. The second kappa shape index (κ2) is 8.31. The normalized spacial score (nSPS) is 11.8. The van der Waals surface area contributed by atoms with Crippen LogP contribution in [-0.4, -0.2) is 26.2 Å². The zero-order valence-electron chi connectivity index (χ0n) is 13.4. The van der Waals surface area contributed by atoms with Crippen molar-refractivity contribution >= 4 is 11.6 Å². The standard InChI is InChI=1S/C18H22N2O3/c1-13-6-8-14(9-7-13)17(19)18(21)20-15-4-3-5-16(12-15)23-11-10-22-2/h3-9,12,17H,10-11,19H2,1-2H3,(H,20,21). The smallest absolute Gasteiger partial charge is 0.245 e. The molecular weight excluding hydrogens is 292 g/mol. The lowest BCUT2D eigenvalue weighted by molar-refractivity contribution is -0.117. The topological polar surface area (TPSA) is 73.6 Å². The molecule has 0 heterocycles. The Labute approximate surface area is 136 Å². The van der Waals surface area contributed by atoms with Crippen LogP contribution in [0.5, 0.6) is 5.75 Å². The van der Waals surface area contributed by atoms with Crippen molar-refractivity contribution in [3.8, 4) is 5.75 Å². The number of nitrogens with two attached hydrogens (primary N) is 1. The number of carbonyl (C=O) groups excluding carboxylic acids is 1. The van der Waals surface area contributed by atoms with E-state index in [0.29, 0.717) is 24.7 Å². The summed E-state index contributed by atoms with van der Waals surface area (Å²) in [5.41, 5.74) is 8.56. The molecule has 0 bridgehead atoms. The molecule has 122 valence electrons. The number of hydrogen-bond acceptors (Lipinski definition) is 4. The van der Waals surface area contributed by atoms with Gasteiger partial charge in [0.15, 0.2) is 0 Å². The van der Waals surface area contributed by atoms with Crippen molar-refractivity contribution in [3.05, 3.63) is 59.7 Å². The minimum absolute atomic E-state index is 0.261. The van der Waals surface area contributed by atoms with E-state index in [1.54, 1.807) is 19.2 Å². The summed E-state index contributed by atoms with van der Waals surface area (Å²) in [4.78, 5) is 12.3. The number of amides is 1. The largest absolute Gasteiger partial charge is 0.491 e. The van der Waals surface area contributed by atoms with Crippen LogP contribution in [0.2, 0.25) is 0 Å². The van der Waals surface area contributed by atoms with Gasteiger partial charge in [-0.05, 0) is 24.6 Å². The number of ether oxygens (including phenoxy) is 2. The van der Waals surface area contributed by atoms with E-state index >= 15 is 0 Å². The number of nitrogens with one attached hydrogen (secondary N) is 1. The summed E-state index contributed by atoms with van der Waals surface area (Å²) in [7, 11) is 1.62. The van der Waals surface area contributed by atoms with E-state index in [1.807, 2.05) is 43.3 Å². The maximum Gasteiger partial charge on any atom is 0.245 e. The SMILES string of the molecule is COCCOc1cccc(NC(=O)C(N)c2ccc(C)cc2)c1. The minimum atomic E-state index is -0.714. The number of hydrogen-bond donors (Lipinski definition) is 2. The molecule has 0 spiro atoms. The Hall–Kier alpha value is -2.37. The summed E-state index contributed by atoms with van der Waals surface area (Å²) in [6, 6.07) is 14.1. The van der Waals surface area contributed by atoms with Gasteiger partial charge in [-0.25, -0.2) is 0 Å². The van der Waals surface area contributed by atoms with Gasteiger partial charge in [-0.2, -0.15) is 0 Å². The molecule has 23 heavy (non-hydrogen) atoms. The minimum Gasteiger partial charge on any atom is -0.491 e. The number of benzene rings is 2. The van der Waals surface area contributed by atoms with E-state index in [-0.39, 0.29) is 5.91 Å². The van der Waals surface area contributed by atoms with Crippen molar-refractivity contribution in [1.82, 2.24) is 0 Å². The number of anilines is 1. The quantitative estimate of drug-likeness (QED) is 0.771. The van der Waals surface area contributed by atoms with Gasteiger partial charge in [0, 0.05) is 18.9 Å². The summed E-state index contributed by atoms with van der Waals surface area (Å²) < 4.78 is 10.5. The molecule has 5 nitrogen and oxygen atoms in total. The first-order valence-electron chi connectivity index (χ1n) is 7.45. The molecule has 2 rings (SSSR count). The van der Waals surface area contributed by atoms with Crippen LogP contribution in [0, 0.1) is 6.92 Å². The van der Waals surface area contributed by atoms with Crippen molar-refractivity contribution in [3.63, 3.8) is 0 Å². The molecule has 2 aromatic carbocycles. The first-order chi connectivity index (χ1) is 11.1. The highest BCUT2D eigenvalue weighted by atomic mass is 16.5. The molecule has 1 atom stereocenters. The van der Waals surface area contributed by atoms with Crippen LogP contribution in [-0.2, 0) is 9.53 Å². The van der Waals surface area contributed by atoms with Crippen LogP contribution in [0.15, 0.2) is 48.5 Å². The summed E-state index contributed by atoms with van der Waals surface area (Å²) in [6.07, 6.45) is 0. The lowest BCUT2D eigenvalue weighted by atomic mass is 10.1. The van der Waals surface area contributed by atoms with Crippen LogP contribution >= 0.6 is 0 Å². The zero-order valence-corrected chi connectivity index (χ0v) is 13.4. The average molecular weight is 314 g/mol. The highest BCUT2D eigenvalue weighted by molar-refractivity contribution is 5.95. The van der Waals surface area contributed by atoms with E-state index < -0.39 is 6.04 Å². The van der Waals surface area contributed by atoms with E-state index in [0.717, 1.165) is 11.1 Å². The molecule has 0 aliphatic carbocycles. The van der Waals surface area contributed by atoms with Crippen molar-refractivity contribution in [2.45, 2.75) is 13.0 Å². The maximum absolute atomic E-state index is 12.3. The molecule has 3 N–H and O–H groups in total.